The lowest BCUT2D eigenvalue weighted by atomic mass is 10.2. The van der Waals surface area contributed by atoms with Crippen molar-refractivity contribution in [1.82, 2.24) is 19.5 Å². The summed E-state index contributed by atoms with van der Waals surface area (Å²) in [7, 11) is -3.68. The van der Waals surface area contributed by atoms with Crippen LogP contribution in [0.15, 0.2) is 35.7 Å². The van der Waals surface area contributed by atoms with Gasteiger partial charge in [-0.1, -0.05) is 6.07 Å². The third-order valence-electron chi connectivity index (χ3n) is 2.78. The highest BCUT2D eigenvalue weighted by atomic mass is 32.2. The standard InChI is InChI=1S/C12H15FN4O2S/c1-10-3-4-11(7-12(10)13)20(18,19)16-5-2-6-17-9-14-8-15-17/h3-4,7-9,16H,2,5-6H2,1H3. The van der Waals surface area contributed by atoms with Crippen molar-refractivity contribution in [3.63, 3.8) is 0 Å². The Balaban J connectivity index is 1.92. The third-order valence-corrected chi connectivity index (χ3v) is 4.23. The van der Waals surface area contributed by atoms with Gasteiger partial charge in [-0.05, 0) is 31.0 Å². The Labute approximate surface area is 116 Å². The zero-order valence-electron chi connectivity index (χ0n) is 11.0. The second-order valence-electron chi connectivity index (χ2n) is 4.32. The van der Waals surface area contributed by atoms with E-state index in [2.05, 4.69) is 14.8 Å². The van der Waals surface area contributed by atoms with Crippen molar-refractivity contribution in [2.45, 2.75) is 24.8 Å². The van der Waals surface area contributed by atoms with Crippen LogP contribution in [0.3, 0.4) is 0 Å². The van der Waals surface area contributed by atoms with Gasteiger partial charge < -0.3 is 0 Å². The number of hydrogen-bond acceptors (Lipinski definition) is 4. The van der Waals surface area contributed by atoms with Gasteiger partial charge in [-0.15, -0.1) is 0 Å². The van der Waals surface area contributed by atoms with Crippen molar-refractivity contribution < 1.29 is 12.8 Å². The van der Waals surface area contributed by atoms with Crippen LogP contribution in [-0.2, 0) is 16.6 Å². The van der Waals surface area contributed by atoms with Gasteiger partial charge in [-0.2, -0.15) is 5.10 Å². The van der Waals surface area contributed by atoms with Crippen molar-refractivity contribution in [1.29, 1.82) is 0 Å². The maximum atomic E-state index is 13.4. The molecule has 0 saturated carbocycles. The summed E-state index contributed by atoms with van der Waals surface area (Å²) in [6.07, 6.45) is 3.54. The first-order valence-electron chi connectivity index (χ1n) is 6.07. The molecule has 20 heavy (non-hydrogen) atoms. The lowest BCUT2D eigenvalue weighted by Gasteiger charge is -2.07. The van der Waals surface area contributed by atoms with Crippen LogP contribution < -0.4 is 4.72 Å². The Bertz CT molecular complexity index is 671. The SMILES string of the molecule is Cc1ccc(S(=O)(=O)NCCCn2cncn2)cc1F. The predicted octanol–water partition coefficient (Wildman–Crippen LogP) is 1.09. The number of nitrogens with zero attached hydrogens (tertiary/aromatic N) is 3. The van der Waals surface area contributed by atoms with Crippen molar-refractivity contribution >= 4 is 10.0 Å². The first kappa shape index (κ1) is 14.6. The van der Waals surface area contributed by atoms with Gasteiger partial charge >= 0.3 is 0 Å². The number of aromatic nitrogens is 3. The number of nitrogens with one attached hydrogen (secondary N) is 1. The molecule has 1 aromatic heterocycles. The van der Waals surface area contributed by atoms with Gasteiger partial charge in [-0.25, -0.2) is 22.5 Å². The molecule has 0 bridgehead atoms. The van der Waals surface area contributed by atoms with Crippen LogP contribution >= 0.6 is 0 Å². The molecule has 1 aromatic carbocycles. The maximum absolute atomic E-state index is 13.4. The van der Waals surface area contributed by atoms with E-state index >= 15 is 0 Å². The van der Waals surface area contributed by atoms with Gasteiger partial charge in [0, 0.05) is 13.1 Å². The average Bonchev–Trinajstić information content (AvgIpc) is 2.91. The molecule has 2 rings (SSSR count). The topological polar surface area (TPSA) is 76.9 Å². The Kier molecular flexibility index (Phi) is 4.46. The zero-order valence-corrected chi connectivity index (χ0v) is 11.8. The third kappa shape index (κ3) is 3.61. The number of hydrogen-bond donors (Lipinski definition) is 1. The Morgan fingerprint density at radius 3 is 2.85 bits per heavy atom. The molecular formula is C12H15FN4O2S. The second-order valence-corrected chi connectivity index (χ2v) is 6.09. The van der Waals surface area contributed by atoms with E-state index in [1.165, 1.54) is 18.5 Å². The predicted molar refractivity (Wildman–Crippen MR) is 71.0 cm³/mol. The molecule has 0 radical (unpaired) electrons. The van der Waals surface area contributed by atoms with Gasteiger partial charge in [0.05, 0.1) is 4.90 Å². The van der Waals surface area contributed by atoms with Crippen molar-refractivity contribution in [2.75, 3.05) is 6.54 Å². The van der Waals surface area contributed by atoms with Crippen LogP contribution in [0.25, 0.3) is 0 Å². The molecule has 1 N–H and O–H groups in total. The first-order valence-corrected chi connectivity index (χ1v) is 7.55. The molecule has 1 heterocycles. The maximum Gasteiger partial charge on any atom is 0.240 e. The molecule has 6 nitrogen and oxygen atoms in total. The van der Waals surface area contributed by atoms with E-state index in [0.29, 0.717) is 18.5 Å². The minimum atomic E-state index is -3.68. The molecule has 0 unspecified atom stereocenters. The Hall–Kier alpha value is -1.80. The highest BCUT2D eigenvalue weighted by Crippen LogP contribution is 2.13. The number of rotatable bonds is 6. The molecular weight excluding hydrogens is 283 g/mol. The molecule has 0 aliphatic carbocycles. The summed E-state index contributed by atoms with van der Waals surface area (Å²) >= 11 is 0. The smallest absolute Gasteiger partial charge is 0.240 e. The lowest BCUT2D eigenvalue weighted by Crippen LogP contribution is -2.25. The van der Waals surface area contributed by atoms with Crippen LogP contribution in [0.4, 0.5) is 4.39 Å². The Morgan fingerprint density at radius 1 is 1.40 bits per heavy atom. The quantitative estimate of drug-likeness (QED) is 0.810. The molecule has 8 heteroatoms. The highest BCUT2D eigenvalue weighted by Gasteiger charge is 2.14. The molecule has 0 saturated heterocycles. The van der Waals surface area contributed by atoms with E-state index in [4.69, 9.17) is 0 Å². The molecule has 108 valence electrons. The van der Waals surface area contributed by atoms with Crippen LogP contribution in [-0.4, -0.2) is 29.7 Å². The summed E-state index contributed by atoms with van der Waals surface area (Å²) in [4.78, 5) is 3.72. The zero-order chi connectivity index (χ0) is 14.6. The largest absolute Gasteiger partial charge is 0.253 e. The normalized spacial score (nSPS) is 11.7. The molecule has 0 fully saturated rings. The number of benzene rings is 1. The van der Waals surface area contributed by atoms with E-state index in [9.17, 15) is 12.8 Å². The van der Waals surface area contributed by atoms with Crippen LogP contribution in [0.2, 0.25) is 0 Å². The van der Waals surface area contributed by atoms with E-state index < -0.39 is 15.8 Å². The summed E-state index contributed by atoms with van der Waals surface area (Å²) in [5.74, 6) is -0.532. The van der Waals surface area contributed by atoms with Crippen LogP contribution in [0, 0.1) is 12.7 Å². The van der Waals surface area contributed by atoms with E-state index in [1.54, 1.807) is 17.9 Å². The summed E-state index contributed by atoms with van der Waals surface area (Å²) in [5, 5.41) is 3.91. The molecule has 0 spiro atoms. The van der Waals surface area contributed by atoms with Crippen LogP contribution in [0.1, 0.15) is 12.0 Å². The molecule has 0 aliphatic heterocycles. The summed E-state index contributed by atoms with van der Waals surface area (Å²) < 4.78 is 41.3. The Morgan fingerprint density at radius 2 is 2.20 bits per heavy atom. The average molecular weight is 298 g/mol. The van der Waals surface area contributed by atoms with Gasteiger partial charge in [0.2, 0.25) is 10.0 Å². The molecule has 0 atom stereocenters. The number of aryl methyl sites for hydroxylation is 2. The summed E-state index contributed by atoms with van der Waals surface area (Å²) in [5.41, 5.74) is 0.412. The minimum absolute atomic E-state index is 0.0682. The van der Waals surface area contributed by atoms with Crippen LogP contribution in [0.5, 0.6) is 0 Å². The summed E-state index contributed by atoms with van der Waals surface area (Å²) in [6, 6.07) is 3.85. The fraction of sp³-hybridized carbons (Fsp3) is 0.333. The van der Waals surface area contributed by atoms with Crippen molar-refractivity contribution in [2.24, 2.45) is 0 Å². The fourth-order valence-electron chi connectivity index (χ4n) is 1.62. The van der Waals surface area contributed by atoms with Gasteiger partial charge in [-0.3, -0.25) is 4.68 Å². The first-order chi connectivity index (χ1) is 9.49. The van der Waals surface area contributed by atoms with E-state index in [0.717, 1.165) is 6.07 Å². The molecule has 0 amide bonds. The fourth-order valence-corrected chi connectivity index (χ4v) is 2.71. The minimum Gasteiger partial charge on any atom is -0.253 e. The second kappa shape index (κ2) is 6.10. The monoisotopic (exact) mass is 298 g/mol. The van der Waals surface area contributed by atoms with Crippen molar-refractivity contribution in [3.05, 3.63) is 42.2 Å². The van der Waals surface area contributed by atoms with Gasteiger partial charge in [0.1, 0.15) is 18.5 Å². The van der Waals surface area contributed by atoms with E-state index in [1.807, 2.05) is 0 Å². The van der Waals surface area contributed by atoms with Gasteiger partial charge in [0.15, 0.2) is 0 Å². The number of halogens is 1. The summed E-state index contributed by atoms with van der Waals surface area (Å²) in [6.45, 7) is 2.39. The highest BCUT2D eigenvalue weighted by molar-refractivity contribution is 7.89. The van der Waals surface area contributed by atoms with E-state index in [-0.39, 0.29) is 11.4 Å². The van der Waals surface area contributed by atoms with Crippen molar-refractivity contribution in [3.8, 4) is 0 Å². The lowest BCUT2D eigenvalue weighted by molar-refractivity contribution is 0.550. The van der Waals surface area contributed by atoms with Gasteiger partial charge in [0.25, 0.3) is 0 Å². The molecule has 0 aliphatic rings. The number of sulfonamides is 1. The molecule has 2 aromatic rings.